The minimum absolute atomic E-state index is 0.0600. The van der Waals surface area contributed by atoms with E-state index in [0.29, 0.717) is 49.3 Å². The Hall–Kier alpha value is -3.25. The zero-order valence-corrected chi connectivity index (χ0v) is 24.8. The second-order valence-electron chi connectivity index (χ2n) is 11.9. The molecule has 226 valence electrons. The van der Waals surface area contributed by atoms with Gasteiger partial charge in [0.2, 0.25) is 10.0 Å². The van der Waals surface area contributed by atoms with Gasteiger partial charge in [0.05, 0.1) is 16.6 Å². The number of halogens is 3. The highest BCUT2D eigenvalue weighted by atomic mass is 32.2. The molecular formula is C30H36F3N5O3S. The number of carbonyl (C=O) groups excluding carboxylic acids is 1. The number of nitrogens with zero attached hydrogens (tertiary/aromatic N) is 4. The first-order valence-corrected chi connectivity index (χ1v) is 15.8. The summed E-state index contributed by atoms with van der Waals surface area (Å²) in [5.41, 5.74) is 0.707. The Morgan fingerprint density at radius 3 is 2.29 bits per heavy atom. The van der Waals surface area contributed by atoms with Crippen molar-refractivity contribution in [1.29, 1.82) is 0 Å². The highest BCUT2D eigenvalue weighted by Crippen LogP contribution is 2.33. The Bertz CT molecular complexity index is 1520. The van der Waals surface area contributed by atoms with Crippen molar-refractivity contribution >= 4 is 15.9 Å². The van der Waals surface area contributed by atoms with Crippen molar-refractivity contribution < 1.29 is 26.4 Å². The van der Waals surface area contributed by atoms with E-state index < -0.39 is 33.5 Å². The molecule has 2 aliphatic rings. The molecule has 2 unspecified atom stereocenters. The lowest BCUT2D eigenvalue weighted by Crippen LogP contribution is -2.42. The summed E-state index contributed by atoms with van der Waals surface area (Å²) in [6.07, 6.45) is 5.45. The smallest absolute Gasteiger partial charge is 0.251 e. The molecule has 3 atom stereocenters. The Labute approximate surface area is 244 Å². The lowest BCUT2D eigenvalue weighted by molar-refractivity contribution is 0.0925. The van der Waals surface area contributed by atoms with E-state index in [0.717, 1.165) is 19.3 Å². The Morgan fingerprint density at radius 2 is 1.64 bits per heavy atom. The highest BCUT2D eigenvalue weighted by Gasteiger charge is 2.32. The molecule has 2 fully saturated rings. The second kappa shape index (κ2) is 12.2. The van der Waals surface area contributed by atoms with Gasteiger partial charge in [0.15, 0.2) is 0 Å². The number of hydrogen-bond acceptors (Lipinski definition) is 5. The van der Waals surface area contributed by atoms with E-state index >= 15 is 0 Å². The van der Waals surface area contributed by atoms with E-state index in [1.807, 2.05) is 0 Å². The SMILES string of the molecule is CC1CC(C)CN(S(=O)(=O)c2cccc(C(=O)NC3CCC(c4cn([C@H](C)c5c(F)cc(F)cc5F)nn4)CC3)c2)C1. The molecule has 0 radical (unpaired) electrons. The van der Waals surface area contributed by atoms with E-state index in [2.05, 4.69) is 29.5 Å². The van der Waals surface area contributed by atoms with Gasteiger partial charge in [-0.05, 0) is 69.1 Å². The maximum Gasteiger partial charge on any atom is 0.251 e. The number of carbonyl (C=O) groups is 1. The molecule has 1 N–H and O–H groups in total. The van der Waals surface area contributed by atoms with Crippen LogP contribution in [0, 0.1) is 29.3 Å². The average molecular weight is 604 g/mol. The normalized spacial score (nSPS) is 24.3. The molecule has 1 amide bonds. The van der Waals surface area contributed by atoms with Crippen LogP contribution >= 0.6 is 0 Å². The van der Waals surface area contributed by atoms with Crippen molar-refractivity contribution in [3.05, 3.63) is 76.9 Å². The van der Waals surface area contributed by atoms with Crippen molar-refractivity contribution in [2.24, 2.45) is 11.8 Å². The number of piperidine rings is 1. The summed E-state index contributed by atoms with van der Waals surface area (Å²) in [7, 11) is -3.70. The van der Waals surface area contributed by atoms with E-state index in [4.69, 9.17) is 0 Å². The van der Waals surface area contributed by atoms with Crippen molar-refractivity contribution in [1.82, 2.24) is 24.6 Å². The second-order valence-corrected chi connectivity index (χ2v) is 13.8. The third kappa shape index (κ3) is 6.39. The van der Waals surface area contributed by atoms with Gasteiger partial charge in [-0.3, -0.25) is 4.79 Å². The lowest BCUT2D eigenvalue weighted by atomic mass is 9.84. The van der Waals surface area contributed by atoms with Crippen LogP contribution in [0.5, 0.6) is 0 Å². The summed E-state index contributed by atoms with van der Waals surface area (Å²) in [6.45, 7) is 6.61. The number of amides is 1. The zero-order valence-electron chi connectivity index (χ0n) is 23.9. The van der Waals surface area contributed by atoms with Gasteiger partial charge < -0.3 is 5.32 Å². The molecule has 2 aromatic carbocycles. The Balaban J connectivity index is 1.19. The lowest BCUT2D eigenvalue weighted by Gasteiger charge is -2.34. The van der Waals surface area contributed by atoms with Crippen LogP contribution in [0.3, 0.4) is 0 Å². The molecule has 8 nitrogen and oxygen atoms in total. The first-order valence-electron chi connectivity index (χ1n) is 14.4. The molecular weight excluding hydrogens is 567 g/mol. The summed E-state index contributed by atoms with van der Waals surface area (Å²) in [5.74, 6) is -2.65. The predicted octanol–water partition coefficient (Wildman–Crippen LogP) is 5.43. The molecule has 1 saturated carbocycles. The fraction of sp³-hybridized carbons (Fsp3) is 0.500. The summed E-state index contributed by atoms with van der Waals surface area (Å²) >= 11 is 0. The van der Waals surface area contributed by atoms with Crippen molar-refractivity contribution in [2.75, 3.05) is 13.1 Å². The standard InChI is InChI=1S/C30H36F3N5O3S/c1-18-11-19(2)16-37(15-18)42(40,41)25-6-4-5-22(12-25)30(39)34-24-9-7-21(8-10-24)28-17-38(36-35-28)20(3)29-26(32)13-23(31)14-27(29)33/h4-6,12-14,17-21,24H,7-11,15-16H2,1-3H3,(H,34,39)/t18?,19?,20-,21?,24?/m1/s1. The third-order valence-electron chi connectivity index (χ3n) is 8.44. The predicted molar refractivity (Wildman–Crippen MR) is 151 cm³/mol. The molecule has 1 aliphatic carbocycles. The maximum atomic E-state index is 14.3. The van der Waals surface area contributed by atoms with Gasteiger partial charge >= 0.3 is 0 Å². The van der Waals surface area contributed by atoms with Crippen molar-refractivity contribution in [3.8, 4) is 0 Å². The van der Waals surface area contributed by atoms with Gasteiger partial charge in [-0.1, -0.05) is 25.1 Å². The Kier molecular flexibility index (Phi) is 8.75. The van der Waals surface area contributed by atoms with Gasteiger partial charge in [0, 0.05) is 54.5 Å². The molecule has 42 heavy (non-hydrogen) atoms. The first kappa shape index (κ1) is 30.2. The molecule has 1 aromatic heterocycles. The van der Waals surface area contributed by atoms with Crippen LogP contribution in [0.25, 0.3) is 0 Å². The monoisotopic (exact) mass is 603 g/mol. The average Bonchev–Trinajstić information content (AvgIpc) is 3.43. The minimum atomic E-state index is -3.70. The van der Waals surface area contributed by atoms with E-state index in [-0.39, 0.29) is 40.2 Å². The third-order valence-corrected chi connectivity index (χ3v) is 10.3. The largest absolute Gasteiger partial charge is 0.349 e. The highest BCUT2D eigenvalue weighted by molar-refractivity contribution is 7.89. The molecule has 2 heterocycles. The van der Waals surface area contributed by atoms with Crippen LogP contribution in [-0.4, -0.2) is 52.8 Å². The maximum absolute atomic E-state index is 14.3. The number of sulfonamides is 1. The summed E-state index contributed by atoms with van der Waals surface area (Å²) < 4.78 is 71.4. The van der Waals surface area contributed by atoms with Crippen LogP contribution in [0.15, 0.2) is 47.5 Å². The fourth-order valence-corrected chi connectivity index (χ4v) is 8.03. The number of rotatable bonds is 7. The quantitative estimate of drug-likeness (QED) is 0.389. The number of nitrogens with one attached hydrogen (secondary N) is 1. The topological polar surface area (TPSA) is 97.2 Å². The molecule has 12 heteroatoms. The van der Waals surface area contributed by atoms with Crippen molar-refractivity contribution in [2.45, 2.75) is 75.8 Å². The fourth-order valence-electron chi connectivity index (χ4n) is 6.30. The summed E-state index contributed by atoms with van der Waals surface area (Å²) in [6, 6.07) is 6.59. The van der Waals surface area contributed by atoms with Gasteiger partial charge in [-0.25, -0.2) is 26.3 Å². The van der Waals surface area contributed by atoms with Crippen LogP contribution in [0.2, 0.25) is 0 Å². The molecule has 5 rings (SSSR count). The van der Waals surface area contributed by atoms with E-state index in [9.17, 15) is 26.4 Å². The van der Waals surface area contributed by atoms with Crippen molar-refractivity contribution in [3.63, 3.8) is 0 Å². The van der Waals surface area contributed by atoms with Gasteiger partial charge in [-0.15, -0.1) is 5.10 Å². The summed E-state index contributed by atoms with van der Waals surface area (Å²) in [5, 5.41) is 11.3. The number of aromatic nitrogens is 3. The van der Waals surface area contributed by atoms with E-state index in [1.165, 1.54) is 21.1 Å². The number of hydrogen-bond donors (Lipinski definition) is 1. The molecule has 1 aliphatic heterocycles. The molecule has 0 bridgehead atoms. The molecule has 3 aromatic rings. The van der Waals surface area contributed by atoms with Gasteiger partial charge in [0.1, 0.15) is 17.5 Å². The van der Waals surface area contributed by atoms with Crippen LogP contribution in [0.4, 0.5) is 13.2 Å². The van der Waals surface area contributed by atoms with Crippen LogP contribution in [0.1, 0.15) is 86.5 Å². The molecule has 0 spiro atoms. The van der Waals surface area contributed by atoms with Crippen LogP contribution in [-0.2, 0) is 10.0 Å². The van der Waals surface area contributed by atoms with Gasteiger partial charge in [0.25, 0.3) is 5.91 Å². The first-order chi connectivity index (χ1) is 19.9. The number of benzene rings is 2. The summed E-state index contributed by atoms with van der Waals surface area (Å²) in [4.78, 5) is 13.2. The Morgan fingerprint density at radius 1 is 1.00 bits per heavy atom. The van der Waals surface area contributed by atoms with Gasteiger partial charge in [-0.2, -0.15) is 4.31 Å². The van der Waals surface area contributed by atoms with Crippen LogP contribution < -0.4 is 5.32 Å². The minimum Gasteiger partial charge on any atom is -0.349 e. The zero-order chi connectivity index (χ0) is 30.2. The molecule has 1 saturated heterocycles. The van der Waals surface area contributed by atoms with E-state index in [1.54, 1.807) is 25.3 Å².